The van der Waals surface area contributed by atoms with Gasteiger partial charge in [-0.1, -0.05) is 19.4 Å². The second-order valence-corrected chi connectivity index (χ2v) is 3.74. The fourth-order valence-corrected chi connectivity index (χ4v) is 1.37. The van der Waals surface area contributed by atoms with Crippen LogP contribution in [0.15, 0.2) is 16.6 Å². The van der Waals surface area contributed by atoms with Crippen molar-refractivity contribution in [3.63, 3.8) is 0 Å². The van der Waals surface area contributed by atoms with Gasteiger partial charge in [0.2, 0.25) is 0 Å². The molecule has 1 atom stereocenters. The number of rotatable bonds is 1. The standard InChI is InChI=1S/C10H17N/c1-8(2)10-6-9(3)4-5-11-7-10/h4-5,8,10H,6-7H2,1-3H3. The summed E-state index contributed by atoms with van der Waals surface area (Å²) in [6.07, 6.45) is 5.29. The normalized spacial score (nSPS) is 25.1. The molecule has 0 aliphatic carbocycles. The van der Waals surface area contributed by atoms with Crippen molar-refractivity contribution in [3.05, 3.63) is 11.6 Å². The van der Waals surface area contributed by atoms with Gasteiger partial charge < -0.3 is 0 Å². The van der Waals surface area contributed by atoms with E-state index in [-0.39, 0.29) is 0 Å². The zero-order valence-electron chi connectivity index (χ0n) is 7.67. The lowest BCUT2D eigenvalue weighted by atomic mass is 9.90. The van der Waals surface area contributed by atoms with Crippen molar-refractivity contribution in [2.24, 2.45) is 16.8 Å². The van der Waals surface area contributed by atoms with Gasteiger partial charge in [-0.2, -0.15) is 0 Å². The van der Waals surface area contributed by atoms with E-state index in [1.54, 1.807) is 0 Å². The first-order valence-electron chi connectivity index (χ1n) is 4.35. The molecule has 0 fully saturated rings. The molecule has 0 amide bonds. The average molecular weight is 151 g/mol. The van der Waals surface area contributed by atoms with E-state index in [9.17, 15) is 0 Å². The Morgan fingerprint density at radius 3 is 2.91 bits per heavy atom. The van der Waals surface area contributed by atoms with Crippen LogP contribution < -0.4 is 0 Å². The Morgan fingerprint density at radius 1 is 1.55 bits per heavy atom. The van der Waals surface area contributed by atoms with Crippen LogP contribution in [0, 0.1) is 11.8 Å². The Kier molecular flexibility index (Phi) is 2.86. The highest BCUT2D eigenvalue weighted by molar-refractivity contribution is 5.72. The predicted molar refractivity (Wildman–Crippen MR) is 50.1 cm³/mol. The fourth-order valence-electron chi connectivity index (χ4n) is 1.37. The van der Waals surface area contributed by atoms with E-state index in [0.717, 1.165) is 18.4 Å². The highest BCUT2D eigenvalue weighted by Crippen LogP contribution is 2.21. The van der Waals surface area contributed by atoms with Crippen LogP contribution in [0.3, 0.4) is 0 Å². The molecule has 0 aromatic rings. The minimum absolute atomic E-state index is 0.755. The van der Waals surface area contributed by atoms with Crippen LogP contribution in [0.2, 0.25) is 0 Å². The molecule has 1 unspecified atom stereocenters. The van der Waals surface area contributed by atoms with Gasteiger partial charge in [0.15, 0.2) is 0 Å². The molecule has 0 saturated heterocycles. The third-order valence-electron chi connectivity index (χ3n) is 2.33. The largest absolute Gasteiger partial charge is 0.293 e. The van der Waals surface area contributed by atoms with Crippen molar-refractivity contribution in [2.45, 2.75) is 27.2 Å². The molecular formula is C10H17N. The second-order valence-electron chi connectivity index (χ2n) is 3.74. The molecule has 0 spiro atoms. The van der Waals surface area contributed by atoms with Gasteiger partial charge in [-0.05, 0) is 31.3 Å². The van der Waals surface area contributed by atoms with Crippen LogP contribution in [0.4, 0.5) is 0 Å². The summed E-state index contributed by atoms with van der Waals surface area (Å²) < 4.78 is 0. The van der Waals surface area contributed by atoms with Crippen molar-refractivity contribution < 1.29 is 0 Å². The Hall–Kier alpha value is -0.590. The van der Waals surface area contributed by atoms with E-state index in [4.69, 9.17) is 0 Å². The molecule has 1 rings (SSSR count). The first-order valence-corrected chi connectivity index (χ1v) is 4.35. The fraction of sp³-hybridized carbons (Fsp3) is 0.700. The van der Waals surface area contributed by atoms with Gasteiger partial charge in [-0.25, -0.2) is 0 Å². The number of aliphatic imine (C=N–C) groups is 1. The minimum Gasteiger partial charge on any atom is -0.293 e. The molecule has 11 heavy (non-hydrogen) atoms. The molecular weight excluding hydrogens is 134 g/mol. The van der Waals surface area contributed by atoms with Gasteiger partial charge in [-0.3, -0.25) is 4.99 Å². The monoisotopic (exact) mass is 151 g/mol. The van der Waals surface area contributed by atoms with E-state index < -0.39 is 0 Å². The van der Waals surface area contributed by atoms with E-state index in [1.807, 2.05) is 6.21 Å². The molecule has 0 aromatic carbocycles. The summed E-state index contributed by atoms with van der Waals surface area (Å²) >= 11 is 0. The minimum atomic E-state index is 0.755. The first kappa shape index (κ1) is 8.51. The summed E-state index contributed by atoms with van der Waals surface area (Å²) in [5, 5.41) is 0. The predicted octanol–water partition coefficient (Wildman–Crippen LogP) is 2.68. The average Bonchev–Trinajstić information content (AvgIpc) is 2.13. The molecule has 0 radical (unpaired) electrons. The van der Waals surface area contributed by atoms with Crippen molar-refractivity contribution in [2.75, 3.05) is 6.54 Å². The maximum absolute atomic E-state index is 4.32. The van der Waals surface area contributed by atoms with Gasteiger partial charge in [0.05, 0.1) is 0 Å². The topological polar surface area (TPSA) is 12.4 Å². The first-order chi connectivity index (χ1) is 5.20. The zero-order chi connectivity index (χ0) is 8.27. The summed E-state index contributed by atoms with van der Waals surface area (Å²) in [5.41, 5.74) is 1.46. The number of hydrogen-bond donors (Lipinski definition) is 0. The van der Waals surface area contributed by atoms with E-state index >= 15 is 0 Å². The van der Waals surface area contributed by atoms with Gasteiger partial charge in [-0.15, -0.1) is 0 Å². The van der Waals surface area contributed by atoms with Crippen LogP contribution >= 0.6 is 0 Å². The van der Waals surface area contributed by atoms with Gasteiger partial charge in [0, 0.05) is 12.8 Å². The molecule has 1 heterocycles. The van der Waals surface area contributed by atoms with Gasteiger partial charge in [0.1, 0.15) is 0 Å². The van der Waals surface area contributed by atoms with Crippen LogP contribution in [-0.2, 0) is 0 Å². The maximum Gasteiger partial charge on any atom is 0.0423 e. The van der Waals surface area contributed by atoms with Gasteiger partial charge >= 0.3 is 0 Å². The van der Waals surface area contributed by atoms with Gasteiger partial charge in [0.25, 0.3) is 0 Å². The quantitative estimate of drug-likeness (QED) is 0.546. The Bertz CT molecular complexity index is 177. The van der Waals surface area contributed by atoms with Crippen LogP contribution in [-0.4, -0.2) is 12.8 Å². The molecule has 0 N–H and O–H groups in total. The molecule has 1 heteroatoms. The van der Waals surface area contributed by atoms with Crippen molar-refractivity contribution >= 4 is 6.21 Å². The lowest BCUT2D eigenvalue weighted by molar-refractivity contribution is 0.394. The Labute approximate surface area is 69.2 Å². The van der Waals surface area contributed by atoms with E-state index in [0.29, 0.717) is 0 Å². The van der Waals surface area contributed by atoms with Crippen LogP contribution in [0.1, 0.15) is 27.2 Å². The lowest BCUT2D eigenvalue weighted by Gasteiger charge is -2.17. The number of nitrogens with zero attached hydrogens (tertiary/aromatic N) is 1. The molecule has 1 aliphatic heterocycles. The SMILES string of the molecule is CC1=CC=NCC(C(C)C)C1. The molecule has 0 aromatic heterocycles. The van der Waals surface area contributed by atoms with E-state index in [1.165, 1.54) is 12.0 Å². The van der Waals surface area contributed by atoms with Crippen molar-refractivity contribution in [3.8, 4) is 0 Å². The molecule has 1 nitrogen and oxygen atoms in total. The number of allylic oxidation sites excluding steroid dienone is 2. The third-order valence-corrected chi connectivity index (χ3v) is 2.33. The zero-order valence-corrected chi connectivity index (χ0v) is 7.67. The van der Waals surface area contributed by atoms with E-state index in [2.05, 4.69) is 31.8 Å². The molecule has 62 valence electrons. The van der Waals surface area contributed by atoms with Crippen LogP contribution in [0.5, 0.6) is 0 Å². The third kappa shape index (κ3) is 2.49. The summed E-state index contributed by atoms with van der Waals surface area (Å²) in [6, 6.07) is 0. The second kappa shape index (κ2) is 3.70. The number of hydrogen-bond acceptors (Lipinski definition) is 1. The maximum atomic E-state index is 4.32. The Balaban J connectivity index is 2.59. The van der Waals surface area contributed by atoms with Crippen LogP contribution in [0.25, 0.3) is 0 Å². The summed E-state index contributed by atoms with van der Waals surface area (Å²) in [5.74, 6) is 1.51. The van der Waals surface area contributed by atoms with Crippen molar-refractivity contribution in [1.29, 1.82) is 0 Å². The highest BCUT2D eigenvalue weighted by Gasteiger charge is 2.13. The smallest absolute Gasteiger partial charge is 0.0423 e. The Morgan fingerprint density at radius 2 is 2.27 bits per heavy atom. The molecule has 1 aliphatic rings. The van der Waals surface area contributed by atoms with Crippen molar-refractivity contribution in [1.82, 2.24) is 0 Å². The summed E-state index contributed by atoms with van der Waals surface area (Å²) in [4.78, 5) is 4.32. The summed E-state index contributed by atoms with van der Waals surface area (Å²) in [6.45, 7) is 7.75. The highest BCUT2D eigenvalue weighted by atomic mass is 14.7. The molecule has 0 saturated carbocycles. The lowest BCUT2D eigenvalue weighted by Crippen LogP contribution is -2.11. The summed E-state index contributed by atoms with van der Waals surface area (Å²) in [7, 11) is 0. The molecule has 0 bridgehead atoms.